The van der Waals surface area contributed by atoms with Crippen molar-refractivity contribution in [1.29, 1.82) is 0 Å². The first-order valence-corrected chi connectivity index (χ1v) is 8.82. The maximum Gasteiger partial charge on any atom is 0.243 e. The van der Waals surface area contributed by atoms with Crippen molar-refractivity contribution in [3.05, 3.63) is 39.3 Å². The normalized spacial score (nSPS) is 13.3. The van der Waals surface area contributed by atoms with Crippen LogP contribution in [0, 0.1) is 0 Å². The highest BCUT2D eigenvalue weighted by atomic mass is 79.9. The van der Waals surface area contributed by atoms with Gasteiger partial charge in [0, 0.05) is 10.5 Å². The Bertz CT molecular complexity index is 714. The number of hydrogen-bond acceptors (Lipinski definition) is 4. The highest BCUT2D eigenvalue weighted by molar-refractivity contribution is 9.10. The van der Waals surface area contributed by atoms with Gasteiger partial charge in [-0.05, 0) is 19.1 Å². The van der Waals surface area contributed by atoms with Crippen molar-refractivity contribution in [2.75, 3.05) is 0 Å². The van der Waals surface area contributed by atoms with Gasteiger partial charge in [0.05, 0.1) is 16.6 Å². The van der Waals surface area contributed by atoms with Crippen LogP contribution in [0.4, 0.5) is 0 Å². The molecule has 0 fully saturated rings. The van der Waals surface area contributed by atoms with Crippen LogP contribution in [0.25, 0.3) is 0 Å². The minimum Gasteiger partial charge on any atom is -0.251 e. The summed E-state index contributed by atoms with van der Waals surface area (Å²) in [4.78, 5) is 3.66. The molecule has 1 heterocycles. The fourth-order valence-electron chi connectivity index (χ4n) is 1.75. The predicted molar refractivity (Wildman–Crippen MR) is 84.0 cm³/mol. The molecule has 1 aromatic carbocycles. The van der Waals surface area contributed by atoms with Crippen LogP contribution in [0.3, 0.4) is 0 Å². The molecule has 0 aliphatic carbocycles. The fourth-order valence-corrected chi connectivity index (χ4v) is 4.93. The van der Waals surface area contributed by atoms with Gasteiger partial charge in [0.1, 0.15) is 17.6 Å². The van der Waals surface area contributed by atoms with E-state index in [0.29, 0.717) is 11.0 Å². The van der Waals surface area contributed by atoms with E-state index in [0.717, 1.165) is 0 Å². The number of benzene rings is 1. The van der Waals surface area contributed by atoms with E-state index >= 15 is 0 Å². The summed E-state index contributed by atoms with van der Waals surface area (Å²) < 4.78 is 29.4. The van der Waals surface area contributed by atoms with E-state index < -0.39 is 16.1 Å². The minimum absolute atomic E-state index is 0.0508. The van der Waals surface area contributed by atoms with E-state index in [-0.39, 0.29) is 14.9 Å². The largest absolute Gasteiger partial charge is 0.251 e. The van der Waals surface area contributed by atoms with Crippen LogP contribution in [0.1, 0.15) is 6.92 Å². The molecular formula is C11H11BrCl2N4O2S. The Morgan fingerprint density at radius 3 is 2.52 bits per heavy atom. The molecule has 2 rings (SSSR count). The van der Waals surface area contributed by atoms with Gasteiger partial charge in [-0.3, -0.25) is 4.68 Å². The summed E-state index contributed by atoms with van der Waals surface area (Å²) in [6, 6.07) is 2.54. The minimum atomic E-state index is -3.84. The molecule has 114 valence electrons. The van der Waals surface area contributed by atoms with Crippen molar-refractivity contribution in [2.45, 2.75) is 24.4 Å². The van der Waals surface area contributed by atoms with Crippen LogP contribution in [-0.4, -0.2) is 29.2 Å². The maximum absolute atomic E-state index is 12.4. The molecule has 1 aromatic heterocycles. The van der Waals surface area contributed by atoms with E-state index in [9.17, 15) is 8.42 Å². The Labute approximate surface area is 140 Å². The van der Waals surface area contributed by atoms with E-state index in [2.05, 4.69) is 30.7 Å². The van der Waals surface area contributed by atoms with Crippen molar-refractivity contribution in [3.63, 3.8) is 0 Å². The Hall–Kier alpha value is -0.670. The lowest BCUT2D eigenvalue weighted by Crippen LogP contribution is -2.36. The number of nitrogens with one attached hydrogen (secondary N) is 1. The van der Waals surface area contributed by atoms with E-state index in [1.165, 1.54) is 29.5 Å². The Morgan fingerprint density at radius 1 is 1.38 bits per heavy atom. The molecule has 0 bridgehead atoms. The van der Waals surface area contributed by atoms with Crippen molar-refractivity contribution < 1.29 is 8.42 Å². The monoisotopic (exact) mass is 412 g/mol. The molecule has 10 heteroatoms. The lowest BCUT2D eigenvalue weighted by atomic mass is 10.4. The molecule has 0 aliphatic rings. The van der Waals surface area contributed by atoms with E-state index in [1.807, 2.05) is 0 Å². The maximum atomic E-state index is 12.4. The molecule has 1 atom stereocenters. The van der Waals surface area contributed by atoms with Crippen LogP contribution in [-0.2, 0) is 16.6 Å². The van der Waals surface area contributed by atoms with Gasteiger partial charge in [-0.15, -0.1) is 0 Å². The van der Waals surface area contributed by atoms with Gasteiger partial charge in [0.15, 0.2) is 0 Å². The highest BCUT2D eigenvalue weighted by Crippen LogP contribution is 2.32. The van der Waals surface area contributed by atoms with Crippen LogP contribution in [0.15, 0.2) is 34.2 Å². The zero-order chi connectivity index (χ0) is 15.6. The summed E-state index contributed by atoms with van der Waals surface area (Å²) in [6.45, 7) is 2.05. The second kappa shape index (κ2) is 6.62. The fraction of sp³-hybridized carbons (Fsp3) is 0.273. The molecule has 1 N–H and O–H groups in total. The van der Waals surface area contributed by atoms with Crippen molar-refractivity contribution >= 4 is 49.2 Å². The molecule has 0 amide bonds. The predicted octanol–water partition coefficient (Wildman–Crippen LogP) is 2.71. The number of aromatic nitrogens is 3. The third-order valence-electron chi connectivity index (χ3n) is 2.52. The first-order chi connectivity index (χ1) is 9.79. The lowest BCUT2D eigenvalue weighted by molar-refractivity contribution is 0.493. The lowest BCUT2D eigenvalue weighted by Gasteiger charge is -2.15. The van der Waals surface area contributed by atoms with Gasteiger partial charge in [-0.2, -0.15) is 5.10 Å². The zero-order valence-corrected chi connectivity index (χ0v) is 14.7. The first kappa shape index (κ1) is 16.7. The van der Waals surface area contributed by atoms with Gasteiger partial charge in [-0.1, -0.05) is 39.1 Å². The summed E-state index contributed by atoms with van der Waals surface area (Å²) in [5.74, 6) is 0. The van der Waals surface area contributed by atoms with Gasteiger partial charge in [0.2, 0.25) is 10.0 Å². The zero-order valence-electron chi connectivity index (χ0n) is 10.8. The topological polar surface area (TPSA) is 76.9 Å². The standard InChI is InChI=1S/C11H11BrCl2N4O2S/c1-7(4-18-6-15-5-16-18)17-21(19,20)11-9(13)2-8(12)3-10(11)14/h2-3,5-7,17H,4H2,1H3. The SMILES string of the molecule is CC(Cn1cncn1)NS(=O)(=O)c1c(Cl)cc(Br)cc1Cl. The Balaban J connectivity index is 2.22. The van der Waals surface area contributed by atoms with Gasteiger partial charge >= 0.3 is 0 Å². The Morgan fingerprint density at radius 2 is 2.00 bits per heavy atom. The second-order valence-corrected chi connectivity index (χ2v) is 7.72. The number of rotatable bonds is 5. The number of sulfonamides is 1. The first-order valence-electron chi connectivity index (χ1n) is 5.79. The van der Waals surface area contributed by atoms with Crippen LogP contribution >= 0.6 is 39.1 Å². The quantitative estimate of drug-likeness (QED) is 0.817. The smallest absolute Gasteiger partial charge is 0.243 e. The average Bonchev–Trinajstić information content (AvgIpc) is 2.78. The van der Waals surface area contributed by atoms with Crippen molar-refractivity contribution in [3.8, 4) is 0 Å². The molecule has 6 nitrogen and oxygen atoms in total. The van der Waals surface area contributed by atoms with Crippen LogP contribution < -0.4 is 4.72 Å². The summed E-state index contributed by atoms with van der Waals surface area (Å²) >= 11 is 15.2. The molecular weight excluding hydrogens is 403 g/mol. The Kier molecular flexibility index (Phi) is 5.26. The molecule has 0 spiro atoms. The summed E-state index contributed by atoms with van der Waals surface area (Å²) in [5, 5.41) is 4.02. The number of hydrogen-bond donors (Lipinski definition) is 1. The summed E-state index contributed by atoms with van der Waals surface area (Å²) in [7, 11) is -3.84. The summed E-state index contributed by atoms with van der Waals surface area (Å²) in [5.41, 5.74) is 0. The molecule has 0 aliphatic heterocycles. The van der Waals surface area contributed by atoms with Gasteiger partial charge in [-0.25, -0.2) is 18.1 Å². The second-order valence-electron chi connectivity index (χ2n) is 4.34. The van der Waals surface area contributed by atoms with Gasteiger partial charge in [0.25, 0.3) is 0 Å². The van der Waals surface area contributed by atoms with Crippen LogP contribution in [0.5, 0.6) is 0 Å². The molecule has 0 saturated carbocycles. The van der Waals surface area contributed by atoms with E-state index in [4.69, 9.17) is 23.2 Å². The third-order valence-corrected chi connectivity index (χ3v) is 5.48. The van der Waals surface area contributed by atoms with Gasteiger partial charge < -0.3 is 0 Å². The van der Waals surface area contributed by atoms with Crippen LogP contribution in [0.2, 0.25) is 10.0 Å². The molecule has 0 saturated heterocycles. The van der Waals surface area contributed by atoms with E-state index in [1.54, 1.807) is 6.92 Å². The molecule has 2 aromatic rings. The average molecular weight is 414 g/mol. The number of halogens is 3. The summed E-state index contributed by atoms with van der Waals surface area (Å²) in [6.07, 6.45) is 2.88. The molecule has 21 heavy (non-hydrogen) atoms. The number of nitrogens with zero attached hydrogens (tertiary/aromatic N) is 3. The third kappa shape index (κ3) is 4.17. The van der Waals surface area contributed by atoms with Crippen molar-refractivity contribution in [1.82, 2.24) is 19.5 Å². The molecule has 0 radical (unpaired) electrons. The van der Waals surface area contributed by atoms with Crippen molar-refractivity contribution in [2.24, 2.45) is 0 Å². The molecule has 1 unspecified atom stereocenters. The highest BCUT2D eigenvalue weighted by Gasteiger charge is 2.24.